The Morgan fingerprint density at radius 1 is 0.872 bits per heavy atom. The van der Waals surface area contributed by atoms with Gasteiger partial charge in [-0.05, 0) is 74.6 Å². The first-order valence-corrected chi connectivity index (χ1v) is 14.8. The van der Waals surface area contributed by atoms with Gasteiger partial charge >= 0.3 is 0 Å². The number of hydrogen-bond donors (Lipinski definition) is 1. The molecule has 8 heteroatoms. The number of aryl methyl sites for hydroxylation is 3. The molecule has 0 aliphatic heterocycles. The third-order valence-electron chi connectivity index (χ3n) is 6.71. The predicted molar refractivity (Wildman–Crippen MR) is 156 cm³/mol. The van der Waals surface area contributed by atoms with Crippen molar-refractivity contribution >= 4 is 27.5 Å². The van der Waals surface area contributed by atoms with Crippen LogP contribution < -0.4 is 9.62 Å². The second kappa shape index (κ2) is 13.4. The van der Waals surface area contributed by atoms with Crippen LogP contribution in [0.2, 0.25) is 0 Å². The molecule has 0 saturated heterocycles. The summed E-state index contributed by atoms with van der Waals surface area (Å²) in [4.78, 5) is 28.9. The Balaban J connectivity index is 2.06. The van der Waals surface area contributed by atoms with E-state index in [1.165, 1.54) is 4.90 Å². The summed E-state index contributed by atoms with van der Waals surface area (Å²) in [7, 11) is -4.08. The molecule has 0 aromatic heterocycles. The fraction of sp³-hybridized carbons (Fsp3) is 0.355. The van der Waals surface area contributed by atoms with Crippen LogP contribution in [0.1, 0.15) is 48.9 Å². The van der Waals surface area contributed by atoms with Crippen LogP contribution in [-0.2, 0) is 26.2 Å². The summed E-state index contributed by atoms with van der Waals surface area (Å²) in [6.45, 7) is 9.78. The van der Waals surface area contributed by atoms with Crippen LogP contribution in [0, 0.1) is 20.8 Å². The maximum absolute atomic E-state index is 14.1. The lowest BCUT2D eigenvalue weighted by molar-refractivity contribution is -0.140. The van der Waals surface area contributed by atoms with Gasteiger partial charge in [-0.25, -0.2) is 8.42 Å². The van der Waals surface area contributed by atoms with Crippen LogP contribution in [0.3, 0.4) is 0 Å². The number of benzene rings is 3. The normalized spacial score (nSPS) is 12.0. The van der Waals surface area contributed by atoms with Crippen molar-refractivity contribution in [1.29, 1.82) is 0 Å². The number of sulfonamides is 1. The van der Waals surface area contributed by atoms with Crippen molar-refractivity contribution in [3.05, 3.63) is 95.1 Å². The third-order valence-corrected chi connectivity index (χ3v) is 8.50. The van der Waals surface area contributed by atoms with Gasteiger partial charge in [0.1, 0.15) is 12.6 Å². The second-order valence-corrected chi connectivity index (χ2v) is 11.7. The van der Waals surface area contributed by atoms with Gasteiger partial charge in [0.2, 0.25) is 11.8 Å². The van der Waals surface area contributed by atoms with Gasteiger partial charge in [0.15, 0.2) is 0 Å². The van der Waals surface area contributed by atoms with Crippen molar-refractivity contribution in [3.63, 3.8) is 0 Å². The molecule has 3 aromatic rings. The molecule has 2 amide bonds. The predicted octanol–water partition coefficient (Wildman–Crippen LogP) is 5.14. The van der Waals surface area contributed by atoms with Gasteiger partial charge in [-0.15, -0.1) is 0 Å². The first kappa shape index (κ1) is 29.9. The summed E-state index contributed by atoms with van der Waals surface area (Å²) < 4.78 is 29.0. The summed E-state index contributed by atoms with van der Waals surface area (Å²) in [5.74, 6) is -0.696. The van der Waals surface area contributed by atoms with Crippen LogP contribution in [0.25, 0.3) is 0 Å². The van der Waals surface area contributed by atoms with Crippen LogP contribution >= 0.6 is 0 Å². The second-order valence-electron chi connectivity index (χ2n) is 9.83. The van der Waals surface area contributed by atoms with E-state index in [-0.39, 0.29) is 17.3 Å². The van der Waals surface area contributed by atoms with Crippen molar-refractivity contribution in [2.24, 2.45) is 0 Å². The first-order valence-electron chi connectivity index (χ1n) is 13.4. The standard InChI is InChI=1S/C31H39N3O4S/c1-6-19-32-31(36)29(7-2)33(21-26-13-9-8-12-25(26)5)30(35)22-34(27-14-10-11-24(4)20-27)39(37,38)28-17-15-23(3)16-18-28/h8-18,20,29H,6-7,19,21-22H2,1-5H3,(H,32,36). The van der Waals surface area contributed by atoms with E-state index in [1.54, 1.807) is 42.5 Å². The number of carbonyl (C=O) groups is 2. The van der Waals surface area contributed by atoms with E-state index in [0.717, 1.165) is 33.0 Å². The molecule has 1 N–H and O–H groups in total. The van der Waals surface area contributed by atoms with Gasteiger partial charge in [0, 0.05) is 13.1 Å². The van der Waals surface area contributed by atoms with E-state index < -0.39 is 28.5 Å². The molecule has 0 fully saturated rings. The molecule has 1 unspecified atom stereocenters. The molecule has 0 heterocycles. The van der Waals surface area contributed by atoms with Gasteiger partial charge in [0.25, 0.3) is 10.0 Å². The van der Waals surface area contributed by atoms with Crippen LogP contribution in [0.5, 0.6) is 0 Å². The highest BCUT2D eigenvalue weighted by Crippen LogP contribution is 2.26. The average molecular weight is 550 g/mol. The lowest BCUT2D eigenvalue weighted by Crippen LogP contribution is -2.52. The van der Waals surface area contributed by atoms with E-state index >= 15 is 0 Å². The van der Waals surface area contributed by atoms with Gasteiger partial charge in [-0.3, -0.25) is 13.9 Å². The minimum atomic E-state index is -4.08. The topological polar surface area (TPSA) is 86.8 Å². The van der Waals surface area contributed by atoms with Crippen molar-refractivity contribution in [1.82, 2.24) is 10.2 Å². The Kier molecular flexibility index (Phi) is 10.3. The zero-order valence-electron chi connectivity index (χ0n) is 23.5. The molecule has 0 aliphatic carbocycles. The minimum absolute atomic E-state index is 0.0978. The van der Waals surface area contributed by atoms with Gasteiger partial charge < -0.3 is 10.2 Å². The van der Waals surface area contributed by atoms with Gasteiger partial charge in [0.05, 0.1) is 10.6 Å². The zero-order valence-corrected chi connectivity index (χ0v) is 24.3. The monoisotopic (exact) mass is 549 g/mol. The highest BCUT2D eigenvalue weighted by atomic mass is 32.2. The Hall–Kier alpha value is -3.65. The van der Waals surface area contributed by atoms with E-state index in [0.29, 0.717) is 18.7 Å². The van der Waals surface area contributed by atoms with Crippen LogP contribution in [0.15, 0.2) is 77.7 Å². The number of carbonyl (C=O) groups excluding carboxylic acids is 2. The van der Waals surface area contributed by atoms with Gasteiger partial charge in [-0.1, -0.05) is 67.9 Å². The summed E-state index contributed by atoms with van der Waals surface area (Å²) in [5, 5.41) is 2.91. The number of hydrogen-bond acceptors (Lipinski definition) is 4. The molecule has 0 aliphatic rings. The lowest BCUT2D eigenvalue weighted by Gasteiger charge is -2.33. The molecular weight excluding hydrogens is 510 g/mol. The molecule has 3 rings (SSSR count). The van der Waals surface area contributed by atoms with E-state index in [9.17, 15) is 18.0 Å². The zero-order chi connectivity index (χ0) is 28.6. The molecule has 208 valence electrons. The first-order chi connectivity index (χ1) is 18.6. The molecule has 3 aromatic carbocycles. The SMILES string of the molecule is CCCNC(=O)C(CC)N(Cc1ccccc1C)C(=O)CN(c1cccc(C)c1)S(=O)(=O)c1ccc(C)cc1. The highest BCUT2D eigenvalue weighted by molar-refractivity contribution is 7.92. The Morgan fingerprint density at radius 2 is 1.56 bits per heavy atom. The van der Waals surface area contributed by atoms with Crippen molar-refractivity contribution in [2.45, 2.75) is 64.9 Å². The number of nitrogens with one attached hydrogen (secondary N) is 1. The van der Waals surface area contributed by atoms with Gasteiger partial charge in [-0.2, -0.15) is 0 Å². The quantitative estimate of drug-likeness (QED) is 0.339. The van der Waals surface area contributed by atoms with Crippen molar-refractivity contribution < 1.29 is 18.0 Å². The van der Waals surface area contributed by atoms with Crippen molar-refractivity contribution in [3.8, 4) is 0 Å². The molecule has 39 heavy (non-hydrogen) atoms. The molecule has 0 bridgehead atoms. The van der Waals surface area contributed by atoms with E-state index in [2.05, 4.69) is 5.32 Å². The molecule has 0 saturated carbocycles. The maximum atomic E-state index is 14.1. The summed E-state index contributed by atoms with van der Waals surface area (Å²) >= 11 is 0. The number of anilines is 1. The highest BCUT2D eigenvalue weighted by Gasteiger charge is 2.33. The van der Waals surface area contributed by atoms with Crippen LogP contribution in [0.4, 0.5) is 5.69 Å². The molecule has 0 radical (unpaired) electrons. The Labute approximate surface area is 232 Å². The fourth-order valence-corrected chi connectivity index (χ4v) is 5.81. The summed E-state index contributed by atoms with van der Waals surface area (Å²) in [5.41, 5.74) is 4.08. The van der Waals surface area contributed by atoms with Crippen molar-refractivity contribution in [2.75, 3.05) is 17.4 Å². The summed E-state index contributed by atoms with van der Waals surface area (Å²) in [6.07, 6.45) is 1.16. The molecule has 1 atom stereocenters. The molecule has 0 spiro atoms. The smallest absolute Gasteiger partial charge is 0.264 e. The Bertz CT molecular complexity index is 1390. The molecule has 7 nitrogen and oxygen atoms in total. The largest absolute Gasteiger partial charge is 0.354 e. The average Bonchev–Trinajstić information content (AvgIpc) is 2.91. The lowest BCUT2D eigenvalue weighted by atomic mass is 10.1. The maximum Gasteiger partial charge on any atom is 0.264 e. The third kappa shape index (κ3) is 7.47. The number of amides is 2. The van der Waals surface area contributed by atoms with E-state index in [1.807, 2.05) is 65.0 Å². The van der Waals surface area contributed by atoms with E-state index in [4.69, 9.17) is 0 Å². The summed E-state index contributed by atoms with van der Waals surface area (Å²) in [6, 6.07) is 20.6. The minimum Gasteiger partial charge on any atom is -0.354 e. The fourth-order valence-electron chi connectivity index (χ4n) is 4.41. The number of nitrogens with zero attached hydrogens (tertiary/aromatic N) is 2. The van der Waals surface area contributed by atoms with Crippen LogP contribution in [-0.4, -0.2) is 44.3 Å². The number of rotatable bonds is 12. The Morgan fingerprint density at radius 3 is 2.18 bits per heavy atom. The molecular formula is C31H39N3O4S.